The van der Waals surface area contributed by atoms with Crippen LogP contribution >= 0.6 is 27.5 Å². The van der Waals surface area contributed by atoms with E-state index in [0.717, 1.165) is 11.0 Å². The molecule has 1 aromatic carbocycles. The van der Waals surface area contributed by atoms with Crippen LogP contribution in [0.3, 0.4) is 0 Å². The molecule has 0 aliphatic rings. The van der Waals surface area contributed by atoms with Crippen molar-refractivity contribution < 1.29 is 0 Å². The number of nitrogens with zero attached hydrogens (tertiary/aromatic N) is 1. The number of fused-ring (bicyclic) bond motifs is 1. The van der Waals surface area contributed by atoms with Crippen LogP contribution in [0, 0.1) is 0 Å². The molecule has 0 N–H and O–H groups in total. The fraction of sp³-hybridized carbons (Fsp3) is 0.125. The first-order valence-electron chi connectivity index (χ1n) is 3.31. The molecular weight excluding hydrogens is 222 g/mol. The van der Waals surface area contributed by atoms with Crippen LogP contribution in [0.4, 0.5) is 0 Å². The van der Waals surface area contributed by atoms with Gasteiger partial charge in [0.1, 0.15) is 0 Å². The van der Waals surface area contributed by atoms with Gasteiger partial charge in [0.2, 0.25) is 0 Å². The highest BCUT2D eigenvalue weighted by Crippen LogP contribution is 2.23. The third-order valence-corrected chi connectivity index (χ3v) is 2.97. The van der Waals surface area contributed by atoms with Crippen LogP contribution in [-0.4, -0.2) is 4.37 Å². The molecule has 0 saturated carbocycles. The largest absolute Gasteiger partial charge is 0.196 e. The maximum absolute atomic E-state index is 4.31. The lowest BCUT2D eigenvalue weighted by Gasteiger charge is -1.87. The average molecular weight is 228 g/mol. The molecule has 0 amide bonds. The molecule has 0 fully saturated rings. The van der Waals surface area contributed by atoms with Gasteiger partial charge in [-0.2, -0.15) is 4.37 Å². The van der Waals surface area contributed by atoms with Gasteiger partial charge in [0.15, 0.2) is 0 Å². The van der Waals surface area contributed by atoms with Gasteiger partial charge < -0.3 is 0 Å². The van der Waals surface area contributed by atoms with Crippen molar-refractivity contribution in [3.05, 3.63) is 30.0 Å². The van der Waals surface area contributed by atoms with Crippen molar-refractivity contribution in [1.82, 2.24) is 4.37 Å². The third kappa shape index (κ3) is 1.19. The van der Waals surface area contributed by atoms with E-state index in [1.165, 1.54) is 10.1 Å². The van der Waals surface area contributed by atoms with Crippen LogP contribution in [0.2, 0.25) is 0 Å². The molecule has 1 aromatic heterocycles. The van der Waals surface area contributed by atoms with Crippen molar-refractivity contribution in [2.75, 3.05) is 0 Å². The van der Waals surface area contributed by atoms with E-state index in [4.69, 9.17) is 0 Å². The minimum atomic E-state index is 0.844. The van der Waals surface area contributed by atoms with Gasteiger partial charge in [0, 0.05) is 10.7 Å². The Hall–Kier alpha value is -0.410. The molecule has 0 saturated heterocycles. The summed E-state index contributed by atoms with van der Waals surface area (Å²) in [4.78, 5) is 0. The molecule has 0 aliphatic heterocycles. The van der Waals surface area contributed by atoms with Crippen molar-refractivity contribution in [1.29, 1.82) is 0 Å². The zero-order valence-electron chi connectivity index (χ0n) is 5.75. The summed E-state index contributed by atoms with van der Waals surface area (Å²) >= 11 is 4.96. The summed E-state index contributed by atoms with van der Waals surface area (Å²) in [6.45, 7) is 0. The quantitative estimate of drug-likeness (QED) is 0.683. The van der Waals surface area contributed by atoms with Gasteiger partial charge >= 0.3 is 0 Å². The van der Waals surface area contributed by atoms with Crippen molar-refractivity contribution in [3.63, 3.8) is 0 Å². The first kappa shape index (κ1) is 7.25. The molecule has 56 valence electrons. The molecule has 11 heavy (non-hydrogen) atoms. The number of alkyl halides is 1. The smallest absolute Gasteiger partial charge is 0.0726 e. The van der Waals surface area contributed by atoms with E-state index in [-0.39, 0.29) is 0 Å². The normalized spacial score (nSPS) is 10.6. The summed E-state index contributed by atoms with van der Waals surface area (Å²) < 4.78 is 5.57. The molecule has 0 bridgehead atoms. The summed E-state index contributed by atoms with van der Waals surface area (Å²) in [5.74, 6) is 0. The fourth-order valence-corrected chi connectivity index (χ4v) is 2.42. The number of hydrogen-bond acceptors (Lipinski definition) is 2. The summed E-state index contributed by atoms with van der Waals surface area (Å²) in [5, 5.41) is 2.12. The minimum absolute atomic E-state index is 0.844. The number of benzene rings is 1. The molecule has 0 unspecified atom stereocenters. The second-order valence-corrected chi connectivity index (χ2v) is 3.62. The molecule has 3 heteroatoms. The van der Waals surface area contributed by atoms with Crippen LogP contribution in [0.25, 0.3) is 10.1 Å². The first-order valence-corrected chi connectivity index (χ1v) is 5.20. The molecular formula is C8H6BrNS. The van der Waals surface area contributed by atoms with E-state index in [1.807, 2.05) is 12.1 Å². The van der Waals surface area contributed by atoms with E-state index < -0.39 is 0 Å². The second-order valence-electron chi connectivity index (χ2n) is 2.26. The Kier molecular flexibility index (Phi) is 1.92. The van der Waals surface area contributed by atoms with Crippen molar-refractivity contribution in [3.8, 4) is 0 Å². The summed E-state index contributed by atoms with van der Waals surface area (Å²) in [6.07, 6.45) is 0. The summed E-state index contributed by atoms with van der Waals surface area (Å²) in [7, 11) is 0. The molecule has 0 aliphatic carbocycles. The summed E-state index contributed by atoms with van der Waals surface area (Å²) in [6, 6.07) is 8.29. The van der Waals surface area contributed by atoms with Gasteiger partial charge in [-0.05, 0) is 17.6 Å². The molecule has 2 aromatic rings. The fourth-order valence-electron chi connectivity index (χ4n) is 1.03. The van der Waals surface area contributed by atoms with E-state index in [0.29, 0.717) is 0 Å². The number of hydrogen-bond donors (Lipinski definition) is 0. The van der Waals surface area contributed by atoms with Crippen LogP contribution in [0.1, 0.15) is 5.69 Å². The van der Waals surface area contributed by atoms with Gasteiger partial charge in [0.25, 0.3) is 0 Å². The predicted molar refractivity (Wildman–Crippen MR) is 52.3 cm³/mol. The lowest BCUT2D eigenvalue weighted by Crippen LogP contribution is -1.74. The number of aromatic nitrogens is 1. The Morgan fingerprint density at radius 1 is 1.36 bits per heavy atom. The van der Waals surface area contributed by atoms with Gasteiger partial charge in [-0.1, -0.05) is 34.1 Å². The molecule has 0 spiro atoms. The van der Waals surface area contributed by atoms with Crippen LogP contribution in [0.5, 0.6) is 0 Å². The first-order chi connectivity index (χ1) is 5.42. The van der Waals surface area contributed by atoms with E-state index in [1.54, 1.807) is 11.5 Å². The maximum Gasteiger partial charge on any atom is 0.0726 e. The Morgan fingerprint density at radius 3 is 3.00 bits per heavy atom. The number of rotatable bonds is 1. The monoisotopic (exact) mass is 227 g/mol. The van der Waals surface area contributed by atoms with E-state index in [9.17, 15) is 0 Å². The van der Waals surface area contributed by atoms with Crippen LogP contribution in [-0.2, 0) is 5.33 Å². The Bertz CT molecular complexity index is 369. The topological polar surface area (TPSA) is 12.9 Å². The average Bonchev–Trinajstić information content (AvgIpc) is 2.47. The lowest BCUT2D eigenvalue weighted by atomic mass is 10.2. The van der Waals surface area contributed by atoms with Crippen molar-refractivity contribution in [2.24, 2.45) is 0 Å². The third-order valence-electron chi connectivity index (χ3n) is 1.58. The molecule has 1 heterocycles. The van der Waals surface area contributed by atoms with Gasteiger partial charge in [-0.15, -0.1) is 0 Å². The Morgan fingerprint density at radius 2 is 2.18 bits per heavy atom. The molecule has 0 radical (unpaired) electrons. The Labute approximate surface area is 77.3 Å². The zero-order valence-corrected chi connectivity index (χ0v) is 8.15. The minimum Gasteiger partial charge on any atom is -0.196 e. The standard InChI is InChI=1S/C8H6BrNS/c9-5-7-6-3-1-2-4-8(6)11-10-7/h1-4H,5H2. The number of halogens is 1. The van der Waals surface area contributed by atoms with E-state index in [2.05, 4.69) is 32.4 Å². The molecule has 0 atom stereocenters. The maximum atomic E-state index is 4.31. The highest BCUT2D eigenvalue weighted by molar-refractivity contribution is 9.08. The molecule has 2 rings (SSSR count). The van der Waals surface area contributed by atoms with Gasteiger partial charge in [-0.3, -0.25) is 0 Å². The highest BCUT2D eigenvalue weighted by atomic mass is 79.9. The van der Waals surface area contributed by atoms with Crippen molar-refractivity contribution in [2.45, 2.75) is 5.33 Å². The Balaban J connectivity index is 2.76. The van der Waals surface area contributed by atoms with Crippen LogP contribution < -0.4 is 0 Å². The predicted octanol–water partition coefficient (Wildman–Crippen LogP) is 3.19. The van der Waals surface area contributed by atoms with Gasteiger partial charge in [0.05, 0.1) is 10.4 Å². The lowest BCUT2D eigenvalue weighted by molar-refractivity contribution is 1.35. The van der Waals surface area contributed by atoms with Gasteiger partial charge in [-0.25, -0.2) is 0 Å². The summed E-state index contributed by atoms with van der Waals surface area (Å²) in [5.41, 5.74) is 1.14. The molecule has 1 nitrogen and oxygen atoms in total. The second kappa shape index (κ2) is 2.91. The van der Waals surface area contributed by atoms with Crippen LogP contribution in [0.15, 0.2) is 24.3 Å². The highest BCUT2D eigenvalue weighted by Gasteiger charge is 2.01. The SMILES string of the molecule is BrCc1nsc2ccccc12. The zero-order chi connectivity index (χ0) is 7.68. The van der Waals surface area contributed by atoms with E-state index >= 15 is 0 Å². The van der Waals surface area contributed by atoms with Crippen molar-refractivity contribution >= 4 is 37.5 Å².